The predicted octanol–water partition coefficient (Wildman–Crippen LogP) is 3.93. The molecule has 2 aromatic carbocycles. The van der Waals surface area contributed by atoms with Crippen LogP contribution in [0, 0.1) is 5.92 Å². The number of nitrogens with zero attached hydrogens (tertiary/aromatic N) is 4. The smallest absolute Gasteiger partial charge is 0.244 e. The molecule has 3 N–H and O–H groups in total. The molecule has 218 valence electrons. The molecule has 2 aliphatic rings. The molecule has 1 aliphatic carbocycles. The third-order valence-corrected chi connectivity index (χ3v) is 8.61. The summed E-state index contributed by atoms with van der Waals surface area (Å²) in [5.41, 5.74) is 10.5. The fourth-order valence-corrected chi connectivity index (χ4v) is 6.36. The van der Waals surface area contributed by atoms with Crippen molar-refractivity contribution in [3.8, 4) is 0 Å². The molecule has 3 atom stereocenters. The minimum Gasteiger partial charge on any atom is -0.379 e. The van der Waals surface area contributed by atoms with Crippen molar-refractivity contribution in [2.75, 3.05) is 26.3 Å². The van der Waals surface area contributed by atoms with E-state index in [0.717, 1.165) is 86.6 Å². The summed E-state index contributed by atoms with van der Waals surface area (Å²) < 4.78 is 7.74. The van der Waals surface area contributed by atoms with Crippen LogP contribution in [0.2, 0.25) is 0 Å². The highest BCUT2D eigenvalue weighted by Gasteiger charge is 2.34. The Morgan fingerprint density at radius 2 is 1.71 bits per heavy atom. The molecule has 2 fully saturated rings. The van der Waals surface area contributed by atoms with Crippen LogP contribution >= 0.6 is 0 Å². The largest absolute Gasteiger partial charge is 0.379 e. The summed E-state index contributed by atoms with van der Waals surface area (Å²) in [6, 6.07) is 20.9. The van der Waals surface area contributed by atoms with E-state index in [2.05, 4.69) is 44.0 Å². The average molecular weight is 567 g/mol. The third-order valence-electron chi connectivity index (χ3n) is 8.61. The number of hydrogen-bond acceptors (Lipinski definition) is 6. The molecule has 2 aromatic heterocycles. The van der Waals surface area contributed by atoms with Gasteiger partial charge in [0, 0.05) is 25.2 Å². The summed E-state index contributed by atoms with van der Waals surface area (Å²) in [7, 11) is 0. The van der Waals surface area contributed by atoms with Crippen molar-refractivity contribution in [3.05, 3.63) is 95.4 Å². The third kappa shape index (κ3) is 6.22. The fourth-order valence-electron chi connectivity index (χ4n) is 6.36. The number of aromatic nitrogens is 3. The van der Waals surface area contributed by atoms with Gasteiger partial charge in [0.25, 0.3) is 0 Å². The topological polar surface area (TPSA) is 115 Å². The number of benzene rings is 2. The first-order valence-corrected chi connectivity index (χ1v) is 14.9. The van der Waals surface area contributed by atoms with Crippen LogP contribution in [0.15, 0.2) is 72.9 Å². The molecular formula is C33H38N6O3. The van der Waals surface area contributed by atoms with Gasteiger partial charge in [-0.05, 0) is 47.6 Å². The molecule has 4 aromatic rings. The maximum Gasteiger partial charge on any atom is 0.244 e. The first-order chi connectivity index (χ1) is 20.6. The van der Waals surface area contributed by atoms with Crippen molar-refractivity contribution < 1.29 is 14.3 Å². The van der Waals surface area contributed by atoms with Crippen molar-refractivity contribution in [3.63, 3.8) is 0 Å². The van der Waals surface area contributed by atoms with Crippen LogP contribution in [0.3, 0.4) is 0 Å². The number of primary amides is 1. The van der Waals surface area contributed by atoms with Gasteiger partial charge >= 0.3 is 0 Å². The Balaban J connectivity index is 1.19. The molecule has 1 saturated heterocycles. The number of hydrogen-bond donors (Lipinski definition) is 2. The van der Waals surface area contributed by atoms with E-state index in [1.54, 1.807) is 0 Å². The highest BCUT2D eigenvalue weighted by molar-refractivity contribution is 5.89. The molecule has 9 nitrogen and oxygen atoms in total. The summed E-state index contributed by atoms with van der Waals surface area (Å²) >= 11 is 0. The van der Waals surface area contributed by atoms with E-state index in [1.807, 2.05) is 48.7 Å². The molecule has 2 amide bonds. The van der Waals surface area contributed by atoms with Crippen molar-refractivity contribution in [2.24, 2.45) is 11.7 Å². The number of carbonyl (C=O) groups is 2. The van der Waals surface area contributed by atoms with E-state index in [4.69, 9.17) is 15.5 Å². The molecule has 0 spiro atoms. The van der Waals surface area contributed by atoms with Gasteiger partial charge in [0.2, 0.25) is 11.8 Å². The number of amides is 2. The Morgan fingerprint density at radius 3 is 2.48 bits per heavy atom. The first-order valence-electron chi connectivity index (χ1n) is 14.9. The van der Waals surface area contributed by atoms with Crippen LogP contribution in [0.4, 0.5) is 0 Å². The number of carbonyl (C=O) groups excluding carboxylic acids is 2. The molecular weight excluding hydrogens is 528 g/mol. The summed E-state index contributed by atoms with van der Waals surface area (Å²) in [5, 5.41) is 2.96. The number of imidazole rings is 1. The first kappa shape index (κ1) is 28.1. The maximum absolute atomic E-state index is 13.5. The highest BCUT2D eigenvalue weighted by Crippen LogP contribution is 2.38. The van der Waals surface area contributed by atoms with E-state index in [1.165, 1.54) is 0 Å². The zero-order chi connectivity index (χ0) is 28.9. The van der Waals surface area contributed by atoms with Crippen molar-refractivity contribution in [2.45, 2.75) is 50.7 Å². The lowest BCUT2D eigenvalue weighted by molar-refractivity contribution is -0.131. The van der Waals surface area contributed by atoms with Crippen LogP contribution in [-0.2, 0) is 27.4 Å². The zero-order valence-corrected chi connectivity index (χ0v) is 23.8. The lowest BCUT2D eigenvalue weighted by Gasteiger charge is -2.32. The second-order valence-corrected chi connectivity index (χ2v) is 11.3. The Hall–Kier alpha value is -4.08. The Kier molecular flexibility index (Phi) is 8.58. The van der Waals surface area contributed by atoms with E-state index < -0.39 is 11.9 Å². The molecule has 0 unspecified atom stereocenters. The Morgan fingerprint density at radius 1 is 0.952 bits per heavy atom. The van der Waals surface area contributed by atoms with Gasteiger partial charge in [0.15, 0.2) is 5.65 Å². The summed E-state index contributed by atoms with van der Waals surface area (Å²) in [6.07, 6.45) is 5.61. The van der Waals surface area contributed by atoms with Crippen LogP contribution in [0.1, 0.15) is 60.2 Å². The molecule has 9 heteroatoms. The van der Waals surface area contributed by atoms with E-state index >= 15 is 0 Å². The highest BCUT2D eigenvalue weighted by atomic mass is 16.5. The lowest BCUT2D eigenvalue weighted by Crippen LogP contribution is -2.42. The maximum atomic E-state index is 13.5. The number of ether oxygens (including phenoxy) is 1. The molecule has 3 heterocycles. The normalized spacial score (nSPS) is 20.3. The molecule has 0 bridgehead atoms. The van der Waals surface area contributed by atoms with Crippen LogP contribution < -0.4 is 11.1 Å². The number of nitrogens with two attached hydrogens (primary N) is 1. The SMILES string of the molecule is NC(=O)[C@@H](NC(=O)[C@@H]1CCCC[C@H]1c1ccc(Cn2c(CN3CCOCC3)nc3cccnc32)cc1)c1ccccc1. The number of fused-ring (bicyclic) bond motifs is 1. The van der Waals surface area contributed by atoms with E-state index in [9.17, 15) is 9.59 Å². The molecule has 42 heavy (non-hydrogen) atoms. The number of morpholine rings is 1. The number of rotatable bonds is 9. The lowest BCUT2D eigenvalue weighted by atomic mass is 9.74. The van der Waals surface area contributed by atoms with Crippen LogP contribution in [-0.4, -0.2) is 57.6 Å². The van der Waals surface area contributed by atoms with E-state index in [0.29, 0.717) is 12.1 Å². The Labute approximate surface area is 246 Å². The van der Waals surface area contributed by atoms with Crippen LogP contribution in [0.25, 0.3) is 11.2 Å². The van der Waals surface area contributed by atoms with Gasteiger partial charge in [-0.15, -0.1) is 0 Å². The van der Waals surface area contributed by atoms with Crippen LogP contribution in [0.5, 0.6) is 0 Å². The number of nitrogens with one attached hydrogen (secondary N) is 1. The van der Waals surface area contributed by atoms with Gasteiger partial charge in [-0.1, -0.05) is 67.4 Å². The quantitative estimate of drug-likeness (QED) is 0.317. The predicted molar refractivity (Wildman–Crippen MR) is 160 cm³/mol. The van der Waals surface area contributed by atoms with Gasteiger partial charge < -0.3 is 20.4 Å². The van der Waals surface area contributed by atoms with Gasteiger partial charge in [-0.3, -0.25) is 14.5 Å². The minimum absolute atomic E-state index is 0.0877. The Bertz CT molecular complexity index is 1510. The zero-order valence-electron chi connectivity index (χ0n) is 23.8. The van der Waals surface area contributed by atoms with Gasteiger partial charge in [0.05, 0.1) is 26.3 Å². The molecule has 0 radical (unpaired) electrons. The van der Waals surface area contributed by atoms with Crippen molar-refractivity contribution in [1.82, 2.24) is 24.8 Å². The minimum atomic E-state index is -0.839. The molecule has 1 aliphatic heterocycles. The monoisotopic (exact) mass is 566 g/mol. The van der Waals surface area contributed by atoms with E-state index in [-0.39, 0.29) is 17.7 Å². The van der Waals surface area contributed by atoms with Gasteiger partial charge in [0.1, 0.15) is 17.4 Å². The van der Waals surface area contributed by atoms with Gasteiger partial charge in [-0.2, -0.15) is 0 Å². The second kappa shape index (κ2) is 12.8. The standard InChI is InChI=1S/C33H38N6O3/c34-31(40)30(25-7-2-1-3-8-25)37-33(41)27-10-5-4-9-26(27)24-14-12-23(13-15-24)21-39-29(22-38-17-19-42-20-18-38)36-28-11-6-16-35-32(28)39/h1-3,6-8,11-16,26-27,30H,4-5,9-10,17-22H2,(H2,34,40)(H,37,41)/t26-,27+,30-/m0/s1. The summed E-state index contributed by atoms with van der Waals surface area (Å²) in [6.45, 7) is 4.70. The summed E-state index contributed by atoms with van der Waals surface area (Å²) in [5.74, 6) is 0.212. The summed E-state index contributed by atoms with van der Waals surface area (Å²) in [4.78, 5) is 37.7. The number of pyridine rings is 1. The van der Waals surface area contributed by atoms with Crippen molar-refractivity contribution >= 4 is 23.0 Å². The fraction of sp³-hybridized carbons (Fsp3) is 0.394. The molecule has 6 rings (SSSR count). The average Bonchev–Trinajstić information content (AvgIpc) is 3.37. The molecule has 1 saturated carbocycles. The van der Waals surface area contributed by atoms with Crippen molar-refractivity contribution in [1.29, 1.82) is 0 Å². The van der Waals surface area contributed by atoms with Gasteiger partial charge in [-0.25, -0.2) is 9.97 Å². The second-order valence-electron chi connectivity index (χ2n) is 11.3.